The number of anilines is 2. The summed E-state index contributed by atoms with van der Waals surface area (Å²) in [6, 6.07) is 17.1. The third-order valence-corrected chi connectivity index (χ3v) is 4.66. The Balaban J connectivity index is 0.000000166. The van der Waals surface area contributed by atoms with E-state index in [0.717, 1.165) is 37.7 Å². The maximum Gasteiger partial charge on any atom is 0.221 e. The van der Waals surface area contributed by atoms with Gasteiger partial charge >= 0.3 is 0 Å². The second-order valence-electron chi connectivity index (χ2n) is 6.24. The van der Waals surface area contributed by atoms with Crippen molar-refractivity contribution in [1.82, 2.24) is 9.97 Å². The van der Waals surface area contributed by atoms with Gasteiger partial charge in [-0.05, 0) is 30.3 Å². The van der Waals surface area contributed by atoms with Gasteiger partial charge in [-0.1, -0.05) is 40.2 Å². The average Bonchev–Trinajstić information content (AvgIpc) is 2.71. The molecule has 0 saturated heterocycles. The van der Waals surface area contributed by atoms with E-state index in [1.54, 1.807) is 12.4 Å². The Kier molecular flexibility index (Phi) is 6.51. The van der Waals surface area contributed by atoms with Gasteiger partial charge in [0.25, 0.3) is 0 Å². The first-order chi connectivity index (χ1) is 14.0. The zero-order chi connectivity index (χ0) is 20.8. The first-order valence-electron chi connectivity index (χ1n) is 8.88. The van der Waals surface area contributed by atoms with Gasteiger partial charge in [0.15, 0.2) is 0 Å². The lowest BCUT2D eigenvalue weighted by molar-refractivity contribution is -0.115. The molecule has 2 aromatic heterocycles. The summed E-state index contributed by atoms with van der Waals surface area (Å²) in [5, 5.41) is 7.52. The summed E-state index contributed by atoms with van der Waals surface area (Å²) in [4.78, 5) is 30.4. The number of pyridine rings is 2. The van der Waals surface area contributed by atoms with Crippen LogP contribution in [0.4, 0.5) is 11.4 Å². The largest absolute Gasteiger partial charge is 0.324 e. The molecule has 29 heavy (non-hydrogen) atoms. The summed E-state index contributed by atoms with van der Waals surface area (Å²) in [5.74, 6) is -0.174. The molecule has 0 aliphatic carbocycles. The summed E-state index contributed by atoms with van der Waals surface area (Å²) in [7, 11) is 0. The van der Waals surface area contributed by atoms with Crippen LogP contribution < -0.4 is 10.6 Å². The molecular formula is C22H19BrN4O2. The Labute approximate surface area is 176 Å². The molecule has 0 radical (unpaired) electrons. The van der Waals surface area contributed by atoms with Crippen molar-refractivity contribution in [2.24, 2.45) is 0 Å². The van der Waals surface area contributed by atoms with Crippen LogP contribution in [0, 0.1) is 0 Å². The van der Waals surface area contributed by atoms with Gasteiger partial charge in [0.1, 0.15) is 0 Å². The third kappa shape index (κ3) is 5.14. The fraction of sp³-hybridized carbons (Fsp3) is 0.0909. The second-order valence-corrected chi connectivity index (χ2v) is 7.09. The number of benzene rings is 2. The van der Waals surface area contributed by atoms with Gasteiger partial charge in [-0.15, -0.1) is 0 Å². The first kappa shape index (κ1) is 20.4. The number of nitrogens with one attached hydrogen (secondary N) is 2. The maximum atomic E-state index is 11.0. The molecule has 0 atom stereocenters. The normalized spacial score (nSPS) is 10.2. The third-order valence-electron chi connectivity index (χ3n) is 3.97. The molecule has 6 nitrogen and oxygen atoms in total. The van der Waals surface area contributed by atoms with Crippen molar-refractivity contribution in [1.29, 1.82) is 0 Å². The summed E-state index contributed by atoms with van der Waals surface area (Å²) in [6.45, 7) is 2.97. The molecule has 2 N–H and O–H groups in total. The molecule has 0 unspecified atom stereocenters. The molecule has 2 amide bonds. The van der Waals surface area contributed by atoms with Gasteiger partial charge in [0, 0.05) is 41.5 Å². The predicted molar refractivity (Wildman–Crippen MR) is 120 cm³/mol. The van der Waals surface area contributed by atoms with Crippen LogP contribution in [0.3, 0.4) is 0 Å². The van der Waals surface area contributed by atoms with Gasteiger partial charge in [-0.25, -0.2) is 0 Å². The first-order valence-corrected chi connectivity index (χ1v) is 9.67. The van der Waals surface area contributed by atoms with Crippen molar-refractivity contribution in [2.75, 3.05) is 10.6 Å². The molecule has 0 bridgehead atoms. The summed E-state index contributed by atoms with van der Waals surface area (Å²) >= 11 is 3.44. The fourth-order valence-electron chi connectivity index (χ4n) is 2.82. The van der Waals surface area contributed by atoms with E-state index in [1.165, 1.54) is 13.8 Å². The van der Waals surface area contributed by atoms with Crippen LogP contribution >= 0.6 is 15.9 Å². The van der Waals surface area contributed by atoms with E-state index >= 15 is 0 Å². The molecule has 7 heteroatoms. The highest BCUT2D eigenvalue weighted by Gasteiger charge is 2.05. The van der Waals surface area contributed by atoms with Gasteiger partial charge in [-0.3, -0.25) is 19.6 Å². The second kappa shape index (κ2) is 9.25. The smallest absolute Gasteiger partial charge is 0.221 e. The molecule has 2 aromatic carbocycles. The number of aromatic nitrogens is 2. The van der Waals surface area contributed by atoms with E-state index in [4.69, 9.17) is 0 Å². The van der Waals surface area contributed by atoms with Crippen LogP contribution in [0.15, 0.2) is 71.5 Å². The van der Waals surface area contributed by atoms with Crippen LogP contribution in [0.5, 0.6) is 0 Å². The molecule has 0 aliphatic rings. The molecular weight excluding hydrogens is 432 g/mol. The van der Waals surface area contributed by atoms with Crippen molar-refractivity contribution in [3.05, 3.63) is 71.5 Å². The summed E-state index contributed by atoms with van der Waals surface area (Å²) in [6.07, 6.45) is 3.42. The predicted octanol–water partition coefficient (Wildman–Crippen LogP) is 5.15. The zero-order valence-electron chi connectivity index (χ0n) is 15.9. The number of hydrogen-bond donors (Lipinski definition) is 2. The Bertz CT molecular complexity index is 1190. The van der Waals surface area contributed by atoms with E-state index in [9.17, 15) is 9.59 Å². The maximum absolute atomic E-state index is 11.0. The molecule has 4 rings (SSSR count). The fourth-order valence-corrected chi connectivity index (χ4v) is 3.28. The number of rotatable bonds is 2. The minimum atomic E-state index is -0.0933. The highest BCUT2D eigenvalue weighted by atomic mass is 79.9. The number of fused-ring (bicyclic) bond motifs is 2. The van der Waals surface area contributed by atoms with Crippen LogP contribution in [0.2, 0.25) is 0 Å². The average molecular weight is 451 g/mol. The number of nitrogens with zero attached hydrogens (tertiary/aromatic N) is 2. The van der Waals surface area contributed by atoms with Crippen LogP contribution in [-0.2, 0) is 9.59 Å². The molecule has 4 aromatic rings. The quantitative estimate of drug-likeness (QED) is 0.442. The van der Waals surface area contributed by atoms with E-state index in [1.807, 2.05) is 54.6 Å². The van der Waals surface area contributed by atoms with E-state index < -0.39 is 0 Å². The van der Waals surface area contributed by atoms with Crippen LogP contribution in [0.1, 0.15) is 13.8 Å². The van der Waals surface area contributed by atoms with Crippen molar-refractivity contribution >= 4 is 60.9 Å². The lowest BCUT2D eigenvalue weighted by Gasteiger charge is -2.06. The molecule has 0 aliphatic heterocycles. The van der Waals surface area contributed by atoms with Gasteiger partial charge in [0.2, 0.25) is 11.8 Å². The Hall–Kier alpha value is -3.32. The SMILES string of the molecule is CC(=O)Nc1ccc(Br)c2cccnc12.CC(=O)Nc1cccc2cccnc12. The Morgan fingerprint density at radius 3 is 2.03 bits per heavy atom. The minimum Gasteiger partial charge on any atom is -0.324 e. The number of carbonyl (C=O) groups excluding carboxylic acids is 2. The van der Waals surface area contributed by atoms with Gasteiger partial charge in [0.05, 0.1) is 22.4 Å². The molecule has 0 spiro atoms. The molecule has 0 saturated carbocycles. The summed E-state index contributed by atoms with van der Waals surface area (Å²) in [5.41, 5.74) is 3.11. The van der Waals surface area contributed by atoms with E-state index in [0.29, 0.717) is 0 Å². The Morgan fingerprint density at radius 2 is 1.34 bits per heavy atom. The minimum absolute atomic E-state index is 0.0804. The van der Waals surface area contributed by atoms with Crippen molar-refractivity contribution in [2.45, 2.75) is 13.8 Å². The number of hydrogen-bond acceptors (Lipinski definition) is 4. The van der Waals surface area contributed by atoms with Crippen molar-refractivity contribution in [3.63, 3.8) is 0 Å². The number of para-hydroxylation sites is 1. The molecule has 146 valence electrons. The highest BCUT2D eigenvalue weighted by molar-refractivity contribution is 9.10. The van der Waals surface area contributed by atoms with Gasteiger partial charge in [-0.2, -0.15) is 0 Å². The van der Waals surface area contributed by atoms with E-state index in [-0.39, 0.29) is 11.8 Å². The highest BCUT2D eigenvalue weighted by Crippen LogP contribution is 2.28. The number of amides is 2. The monoisotopic (exact) mass is 450 g/mol. The van der Waals surface area contributed by atoms with Crippen molar-refractivity contribution < 1.29 is 9.59 Å². The number of halogens is 1. The van der Waals surface area contributed by atoms with Crippen LogP contribution in [-0.4, -0.2) is 21.8 Å². The number of carbonyl (C=O) groups is 2. The lowest BCUT2D eigenvalue weighted by atomic mass is 10.2. The zero-order valence-corrected chi connectivity index (χ0v) is 17.5. The molecule has 2 heterocycles. The summed E-state index contributed by atoms with van der Waals surface area (Å²) < 4.78 is 0.972. The Morgan fingerprint density at radius 1 is 0.759 bits per heavy atom. The topological polar surface area (TPSA) is 84.0 Å². The standard InChI is InChI=1S/C11H9BrN2O.C11H10N2O/c1-7(15)14-10-5-4-9(12)8-3-2-6-13-11(8)10;1-8(14)13-10-6-2-4-9-5-3-7-12-11(9)10/h2-6H,1H3,(H,14,15);2-7H,1H3,(H,13,14). The van der Waals surface area contributed by atoms with Gasteiger partial charge < -0.3 is 10.6 Å². The van der Waals surface area contributed by atoms with E-state index in [2.05, 4.69) is 36.5 Å². The lowest BCUT2D eigenvalue weighted by Crippen LogP contribution is -2.06. The van der Waals surface area contributed by atoms with Crippen LogP contribution in [0.25, 0.3) is 21.8 Å². The van der Waals surface area contributed by atoms with Crippen molar-refractivity contribution in [3.8, 4) is 0 Å². The molecule has 0 fully saturated rings.